The minimum absolute atomic E-state index is 0.164. The number of hydrogen-bond acceptors (Lipinski definition) is 4. The van der Waals surface area contributed by atoms with Gasteiger partial charge in [0.05, 0.1) is 11.9 Å². The molecule has 0 saturated heterocycles. The van der Waals surface area contributed by atoms with Crippen LogP contribution in [-0.2, 0) is 7.05 Å². The maximum absolute atomic E-state index is 12.5. The SMILES string of the molecule is CC(C)CNC(=O)c1c(NC(=O)c2ccn(C(F)F)n2)cnn1C. The fourth-order valence-corrected chi connectivity index (χ4v) is 1.93. The molecule has 2 aromatic rings. The number of nitrogens with zero attached hydrogens (tertiary/aromatic N) is 4. The third-order valence-electron chi connectivity index (χ3n) is 3.11. The van der Waals surface area contributed by atoms with Gasteiger partial charge in [0.25, 0.3) is 11.8 Å². The Balaban J connectivity index is 2.14. The third-order valence-corrected chi connectivity index (χ3v) is 3.11. The number of alkyl halides is 2. The molecule has 0 aliphatic rings. The van der Waals surface area contributed by atoms with Gasteiger partial charge in [-0.2, -0.15) is 19.0 Å². The number of carbonyl (C=O) groups is 2. The molecule has 2 heterocycles. The summed E-state index contributed by atoms with van der Waals surface area (Å²) in [5, 5.41) is 12.6. The highest BCUT2D eigenvalue weighted by Crippen LogP contribution is 2.16. The molecule has 2 aromatic heterocycles. The monoisotopic (exact) mass is 340 g/mol. The van der Waals surface area contributed by atoms with Gasteiger partial charge in [0.15, 0.2) is 5.69 Å². The number of amides is 2. The van der Waals surface area contributed by atoms with E-state index in [0.717, 1.165) is 12.3 Å². The van der Waals surface area contributed by atoms with Crippen LogP contribution < -0.4 is 10.6 Å². The van der Waals surface area contributed by atoms with Gasteiger partial charge in [0.2, 0.25) is 0 Å². The van der Waals surface area contributed by atoms with E-state index in [2.05, 4.69) is 20.8 Å². The first-order valence-corrected chi connectivity index (χ1v) is 7.24. The van der Waals surface area contributed by atoms with Gasteiger partial charge in [-0.3, -0.25) is 14.3 Å². The van der Waals surface area contributed by atoms with E-state index in [-0.39, 0.29) is 23.0 Å². The zero-order valence-corrected chi connectivity index (χ0v) is 13.5. The summed E-state index contributed by atoms with van der Waals surface area (Å²) in [4.78, 5) is 24.3. The average molecular weight is 340 g/mol. The largest absolute Gasteiger partial charge is 0.350 e. The van der Waals surface area contributed by atoms with E-state index in [1.54, 1.807) is 7.05 Å². The number of carbonyl (C=O) groups excluding carboxylic acids is 2. The first-order chi connectivity index (χ1) is 11.3. The summed E-state index contributed by atoms with van der Waals surface area (Å²) in [6.07, 6.45) is 2.31. The molecule has 0 aliphatic carbocycles. The van der Waals surface area contributed by atoms with Crippen LogP contribution in [0.1, 0.15) is 41.4 Å². The molecule has 8 nitrogen and oxygen atoms in total. The first kappa shape index (κ1) is 17.6. The van der Waals surface area contributed by atoms with Gasteiger partial charge in [-0.1, -0.05) is 13.8 Å². The van der Waals surface area contributed by atoms with Gasteiger partial charge in [0.1, 0.15) is 5.69 Å². The zero-order chi connectivity index (χ0) is 17.9. The van der Waals surface area contributed by atoms with Crippen LogP contribution >= 0.6 is 0 Å². The summed E-state index contributed by atoms with van der Waals surface area (Å²) in [5.74, 6) is -0.837. The number of aryl methyl sites for hydroxylation is 1. The molecule has 0 atom stereocenters. The summed E-state index contributed by atoms with van der Waals surface area (Å²) in [6.45, 7) is 1.54. The van der Waals surface area contributed by atoms with E-state index in [1.165, 1.54) is 10.9 Å². The summed E-state index contributed by atoms with van der Waals surface area (Å²) < 4.78 is 26.7. The maximum atomic E-state index is 12.5. The number of nitrogens with one attached hydrogen (secondary N) is 2. The van der Waals surface area contributed by atoms with Crippen LogP contribution in [0.15, 0.2) is 18.5 Å². The Kier molecular flexibility index (Phi) is 5.27. The van der Waals surface area contributed by atoms with E-state index >= 15 is 0 Å². The molecule has 0 bridgehead atoms. The summed E-state index contributed by atoms with van der Waals surface area (Å²) in [6, 6.07) is 1.16. The van der Waals surface area contributed by atoms with Crippen molar-refractivity contribution in [2.45, 2.75) is 20.4 Å². The van der Waals surface area contributed by atoms with E-state index in [4.69, 9.17) is 0 Å². The predicted molar refractivity (Wildman–Crippen MR) is 81.8 cm³/mol. The van der Waals surface area contributed by atoms with Crippen molar-refractivity contribution in [2.75, 3.05) is 11.9 Å². The van der Waals surface area contributed by atoms with Crippen molar-refractivity contribution >= 4 is 17.5 Å². The Labute approximate surface area is 136 Å². The zero-order valence-electron chi connectivity index (χ0n) is 13.5. The Bertz CT molecular complexity index is 737. The van der Waals surface area contributed by atoms with Crippen molar-refractivity contribution in [2.24, 2.45) is 13.0 Å². The molecule has 0 unspecified atom stereocenters. The number of aromatic nitrogens is 4. The van der Waals surface area contributed by atoms with Crippen molar-refractivity contribution in [1.82, 2.24) is 24.9 Å². The lowest BCUT2D eigenvalue weighted by Crippen LogP contribution is -2.30. The third kappa shape index (κ3) is 3.94. The van der Waals surface area contributed by atoms with Gasteiger partial charge in [-0.15, -0.1) is 0 Å². The molecule has 0 aromatic carbocycles. The number of anilines is 1. The van der Waals surface area contributed by atoms with E-state index in [0.29, 0.717) is 11.2 Å². The molecule has 0 fully saturated rings. The van der Waals surface area contributed by atoms with Crippen LogP contribution in [0.2, 0.25) is 0 Å². The van der Waals surface area contributed by atoms with Crippen molar-refractivity contribution in [1.29, 1.82) is 0 Å². The van der Waals surface area contributed by atoms with Gasteiger partial charge in [-0.05, 0) is 12.0 Å². The van der Waals surface area contributed by atoms with Crippen molar-refractivity contribution < 1.29 is 18.4 Å². The molecule has 10 heteroatoms. The molecule has 2 N–H and O–H groups in total. The van der Waals surface area contributed by atoms with Crippen LogP contribution in [0.25, 0.3) is 0 Å². The highest BCUT2D eigenvalue weighted by atomic mass is 19.3. The molecular weight excluding hydrogens is 322 g/mol. The molecule has 0 saturated carbocycles. The second-order valence-corrected chi connectivity index (χ2v) is 5.55. The quantitative estimate of drug-likeness (QED) is 0.836. The van der Waals surface area contributed by atoms with Crippen LogP contribution in [0.3, 0.4) is 0 Å². The Morgan fingerprint density at radius 3 is 2.58 bits per heavy atom. The highest BCUT2D eigenvalue weighted by Gasteiger charge is 2.20. The van der Waals surface area contributed by atoms with Crippen LogP contribution in [0.5, 0.6) is 0 Å². The van der Waals surface area contributed by atoms with E-state index < -0.39 is 18.4 Å². The molecule has 0 radical (unpaired) electrons. The predicted octanol–water partition coefficient (Wildman–Crippen LogP) is 1.65. The minimum atomic E-state index is -2.83. The molecule has 0 aliphatic heterocycles. The molecule has 2 rings (SSSR count). The molecule has 130 valence electrons. The summed E-state index contributed by atoms with van der Waals surface area (Å²) in [5.41, 5.74) is 0.153. The van der Waals surface area contributed by atoms with E-state index in [1.807, 2.05) is 13.8 Å². The molecule has 0 spiro atoms. The average Bonchev–Trinajstić information content (AvgIpc) is 3.12. The second kappa shape index (κ2) is 7.20. The lowest BCUT2D eigenvalue weighted by molar-refractivity contribution is 0.0561. The van der Waals surface area contributed by atoms with Gasteiger partial charge < -0.3 is 10.6 Å². The minimum Gasteiger partial charge on any atom is -0.350 e. The fraction of sp³-hybridized carbons (Fsp3) is 0.429. The molecule has 24 heavy (non-hydrogen) atoms. The standard InChI is InChI=1S/C14H18F2N6O2/c1-8(2)6-17-13(24)11-10(7-18-21(11)3)19-12(23)9-4-5-22(20-9)14(15)16/h4-5,7-8,14H,6H2,1-3H3,(H,17,24)(H,19,23). The van der Waals surface area contributed by atoms with Crippen molar-refractivity contribution in [3.8, 4) is 0 Å². The number of halogens is 2. The molecule has 2 amide bonds. The first-order valence-electron chi connectivity index (χ1n) is 7.24. The second-order valence-electron chi connectivity index (χ2n) is 5.55. The van der Waals surface area contributed by atoms with Crippen LogP contribution in [0, 0.1) is 5.92 Å². The maximum Gasteiger partial charge on any atom is 0.333 e. The summed E-state index contributed by atoms with van der Waals surface area (Å²) in [7, 11) is 1.56. The number of rotatable bonds is 6. The van der Waals surface area contributed by atoms with Crippen LogP contribution in [-0.4, -0.2) is 37.9 Å². The lowest BCUT2D eigenvalue weighted by atomic mass is 10.2. The van der Waals surface area contributed by atoms with Crippen molar-refractivity contribution in [3.05, 3.63) is 29.8 Å². The fourth-order valence-electron chi connectivity index (χ4n) is 1.93. The van der Waals surface area contributed by atoms with Gasteiger partial charge in [-0.25, -0.2) is 4.68 Å². The Hall–Kier alpha value is -2.78. The van der Waals surface area contributed by atoms with E-state index in [9.17, 15) is 18.4 Å². The smallest absolute Gasteiger partial charge is 0.333 e. The number of hydrogen-bond donors (Lipinski definition) is 2. The Morgan fingerprint density at radius 1 is 1.29 bits per heavy atom. The topological polar surface area (TPSA) is 93.8 Å². The lowest BCUT2D eigenvalue weighted by Gasteiger charge is -2.10. The Morgan fingerprint density at radius 2 is 2.00 bits per heavy atom. The van der Waals surface area contributed by atoms with Crippen LogP contribution in [0.4, 0.5) is 14.5 Å². The highest BCUT2D eigenvalue weighted by molar-refractivity contribution is 6.07. The molecular formula is C14H18F2N6O2. The van der Waals surface area contributed by atoms with Crippen molar-refractivity contribution in [3.63, 3.8) is 0 Å². The normalized spacial score (nSPS) is 11.1. The van der Waals surface area contributed by atoms with Gasteiger partial charge in [0, 0.05) is 19.8 Å². The summed E-state index contributed by atoms with van der Waals surface area (Å²) >= 11 is 0. The van der Waals surface area contributed by atoms with Gasteiger partial charge >= 0.3 is 6.55 Å².